The largest absolute Gasteiger partial charge is 0.394 e. The molecule has 4 N–H and O–H groups in total. The van der Waals surface area contributed by atoms with Crippen molar-refractivity contribution in [2.24, 2.45) is 7.05 Å². The number of hydrogen-bond donors (Lipinski definition) is 2. The Balaban J connectivity index is 2.26. The van der Waals surface area contributed by atoms with Crippen molar-refractivity contribution in [3.05, 3.63) is 36.3 Å². The number of anilines is 2. The van der Waals surface area contributed by atoms with Gasteiger partial charge in [-0.1, -0.05) is 0 Å². The monoisotopic (exact) mass is 204 g/mol. The molecule has 0 fully saturated rings. The summed E-state index contributed by atoms with van der Waals surface area (Å²) in [4.78, 5) is 0. The van der Waals surface area contributed by atoms with Gasteiger partial charge in [0.05, 0.1) is 18.4 Å². The Kier molecular flexibility index (Phi) is 2.29. The third-order valence-electron chi connectivity index (χ3n) is 2.24. The van der Waals surface area contributed by atoms with Crippen LogP contribution in [0.5, 0.6) is 0 Å². The average Bonchev–Trinajstić information content (AvgIpc) is 2.50. The highest BCUT2D eigenvalue weighted by molar-refractivity contribution is 5.57. The van der Waals surface area contributed by atoms with Gasteiger partial charge in [0.1, 0.15) is 12.9 Å². The van der Waals surface area contributed by atoms with Crippen molar-refractivity contribution in [1.29, 1.82) is 0 Å². The fourth-order valence-corrected chi connectivity index (χ4v) is 1.45. The first-order valence-electron chi connectivity index (χ1n) is 4.68. The summed E-state index contributed by atoms with van der Waals surface area (Å²) >= 11 is 0. The Labute approximate surface area is 87.9 Å². The predicted molar refractivity (Wildman–Crippen MR) is 57.8 cm³/mol. The molecule has 2 aromatic heterocycles. The van der Waals surface area contributed by atoms with Gasteiger partial charge in [-0.3, -0.25) is 0 Å². The van der Waals surface area contributed by atoms with Crippen molar-refractivity contribution in [3.63, 3.8) is 0 Å². The third-order valence-corrected chi connectivity index (χ3v) is 2.24. The summed E-state index contributed by atoms with van der Waals surface area (Å²) in [6, 6.07) is 4.01. The Hall–Kier alpha value is -2.04. The van der Waals surface area contributed by atoms with Crippen molar-refractivity contribution in [3.8, 4) is 0 Å². The second-order valence-corrected chi connectivity index (χ2v) is 3.52. The first kappa shape index (κ1) is 9.51. The molecule has 0 radical (unpaired) electrons. The highest BCUT2D eigenvalue weighted by Gasteiger charge is 2.06. The van der Waals surface area contributed by atoms with Gasteiger partial charge in [0.2, 0.25) is 0 Å². The smallest absolute Gasteiger partial charge is 0.173 e. The molecule has 2 heterocycles. The van der Waals surface area contributed by atoms with Crippen molar-refractivity contribution in [2.75, 3.05) is 11.5 Å². The zero-order valence-electron chi connectivity index (χ0n) is 8.59. The maximum atomic E-state index is 5.76. The van der Waals surface area contributed by atoms with Crippen LogP contribution in [0, 0.1) is 0 Å². The quantitative estimate of drug-likeness (QED) is 0.672. The minimum Gasteiger partial charge on any atom is -0.394 e. The molecule has 0 aliphatic carbocycles. The molecule has 0 spiro atoms. The Morgan fingerprint density at radius 1 is 1.47 bits per heavy atom. The molecule has 78 valence electrons. The van der Waals surface area contributed by atoms with E-state index in [1.807, 2.05) is 36.1 Å². The van der Waals surface area contributed by atoms with Crippen molar-refractivity contribution >= 4 is 11.5 Å². The molecule has 0 aliphatic rings. The predicted octanol–water partition coefficient (Wildman–Crippen LogP) is -0.0797. The van der Waals surface area contributed by atoms with Crippen LogP contribution in [0.4, 0.5) is 11.5 Å². The van der Waals surface area contributed by atoms with Gasteiger partial charge in [-0.05, 0) is 6.07 Å². The molecule has 0 amide bonds. The molecule has 0 atom stereocenters. The van der Waals surface area contributed by atoms with E-state index >= 15 is 0 Å². The molecule has 5 nitrogen and oxygen atoms in total. The van der Waals surface area contributed by atoms with Gasteiger partial charge < -0.3 is 11.5 Å². The topological polar surface area (TPSA) is 73.7 Å². The highest BCUT2D eigenvalue weighted by atomic mass is 15.3. The SMILES string of the molecule is C[n+]1cccc(Cn2ncc(N)c2N)c1. The lowest BCUT2D eigenvalue weighted by Gasteiger charge is -2.02. The fraction of sp³-hybridized carbons (Fsp3) is 0.200. The van der Waals surface area contributed by atoms with Gasteiger partial charge in [-0.2, -0.15) is 5.10 Å². The molecule has 0 saturated carbocycles. The number of aromatic nitrogens is 3. The number of hydrogen-bond acceptors (Lipinski definition) is 3. The van der Waals surface area contributed by atoms with Crippen LogP contribution in [0.3, 0.4) is 0 Å². The van der Waals surface area contributed by atoms with E-state index < -0.39 is 0 Å². The number of pyridine rings is 1. The Morgan fingerprint density at radius 2 is 2.27 bits per heavy atom. The first-order chi connectivity index (χ1) is 7.16. The van der Waals surface area contributed by atoms with Crippen LogP contribution in [-0.2, 0) is 13.6 Å². The van der Waals surface area contributed by atoms with Gasteiger partial charge in [0, 0.05) is 11.6 Å². The van der Waals surface area contributed by atoms with Gasteiger partial charge in [0.25, 0.3) is 0 Å². The lowest BCUT2D eigenvalue weighted by Crippen LogP contribution is -2.27. The number of nitrogens with two attached hydrogens (primary N) is 2. The van der Waals surface area contributed by atoms with Crippen LogP contribution in [0.15, 0.2) is 30.7 Å². The maximum absolute atomic E-state index is 5.76. The van der Waals surface area contributed by atoms with E-state index in [1.54, 1.807) is 10.9 Å². The van der Waals surface area contributed by atoms with E-state index in [9.17, 15) is 0 Å². The van der Waals surface area contributed by atoms with E-state index in [4.69, 9.17) is 11.5 Å². The fourth-order valence-electron chi connectivity index (χ4n) is 1.45. The normalized spacial score (nSPS) is 10.5. The van der Waals surface area contributed by atoms with E-state index in [0.29, 0.717) is 18.1 Å². The van der Waals surface area contributed by atoms with E-state index in [0.717, 1.165) is 5.56 Å². The van der Waals surface area contributed by atoms with Crippen molar-refractivity contribution in [1.82, 2.24) is 9.78 Å². The van der Waals surface area contributed by atoms with Gasteiger partial charge in [-0.15, -0.1) is 0 Å². The Bertz CT molecular complexity index is 474. The first-order valence-corrected chi connectivity index (χ1v) is 4.68. The number of nitrogen functional groups attached to an aromatic ring is 2. The van der Waals surface area contributed by atoms with Gasteiger partial charge >= 0.3 is 0 Å². The summed E-state index contributed by atoms with van der Waals surface area (Å²) in [7, 11) is 1.98. The van der Waals surface area contributed by atoms with E-state index in [1.165, 1.54) is 0 Å². The van der Waals surface area contributed by atoms with E-state index in [2.05, 4.69) is 5.10 Å². The molecule has 2 rings (SSSR count). The minimum absolute atomic E-state index is 0.515. The summed E-state index contributed by atoms with van der Waals surface area (Å²) in [5.41, 5.74) is 13.0. The number of aryl methyl sites for hydroxylation is 1. The summed E-state index contributed by atoms with van der Waals surface area (Å²) in [6.07, 6.45) is 5.57. The molecule has 15 heavy (non-hydrogen) atoms. The molecule has 0 bridgehead atoms. The molecular weight excluding hydrogens is 190 g/mol. The summed E-state index contributed by atoms with van der Waals surface area (Å²) < 4.78 is 3.67. The standard InChI is InChI=1S/C10H14N5/c1-14-4-2-3-8(6-14)7-15-10(12)9(11)5-13-15/h2-6H,7,11-12H2,1H3/q+1. The van der Waals surface area contributed by atoms with Crippen LogP contribution < -0.4 is 16.0 Å². The van der Waals surface area contributed by atoms with E-state index in [-0.39, 0.29) is 0 Å². The molecule has 0 saturated heterocycles. The molecule has 0 aliphatic heterocycles. The summed E-state index contributed by atoms with van der Waals surface area (Å²) in [5, 5.41) is 4.10. The highest BCUT2D eigenvalue weighted by Crippen LogP contribution is 2.13. The minimum atomic E-state index is 0.515. The molecule has 2 aromatic rings. The van der Waals surface area contributed by atoms with Crippen LogP contribution in [0.2, 0.25) is 0 Å². The second-order valence-electron chi connectivity index (χ2n) is 3.52. The second kappa shape index (κ2) is 3.61. The number of nitrogens with zero attached hydrogens (tertiary/aromatic N) is 3. The average molecular weight is 204 g/mol. The number of rotatable bonds is 2. The molecule has 0 unspecified atom stereocenters. The molecular formula is C10H14N5+. The summed E-state index contributed by atoms with van der Waals surface area (Å²) in [6.45, 7) is 0.637. The Morgan fingerprint density at radius 3 is 2.87 bits per heavy atom. The van der Waals surface area contributed by atoms with Crippen LogP contribution >= 0.6 is 0 Å². The zero-order valence-corrected chi connectivity index (χ0v) is 8.59. The van der Waals surface area contributed by atoms with Crippen molar-refractivity contribution in [2.45, 2.75) is 6.54 Å². The lowest BCUT2D eigenvalue weighted by atomic mass is 10.3. The lowest BCUT2D eigenvalue weighted by molar-refractivity contribution is -0.671. The third kappa shape index (κ3) is 1.90. The van der Waals surface area contributed by atoms with Gasteiger partial charge in [-0.25, -0.2) is 9.25 Å². The van der Waals surface area contributed by atoms with Crippen LogP contribution in [-0.4, -0.2) is 9.78 Å². The van der Waals surface area contributed by atoms with Gasteiger partial charge in [0.15, 0.2) is 12.4 Å². The molecule has 5 heteroatoms. The van der Waals surface area contributed by atoms with Crippen molar-refractivity contribution < 1.29 is 4.57 Å². The maximum Gasteiger partial charge on any atom is 0.173 e. The zero-order chi connectivity index (χ0) is 10.8. The summed E-state index contributed by atoms with van der Waals surface area (Å²) in [5.74, 6) is 0.515. The molecule has 0 aromatic carbocycles. The van der Waals surface area contributed by atoms with Crippen LogP contribution in [0.25, 0.3) is 0 Å². The van der Waals surface area contributed by atoms with Crippen LogP contribution in [0.1, 0.15) is 5.56 Å².